The van der Waals surface area contributed by atoms with Gasteiger partial charge in [-0.15, -0.1) is 0 Å². The molecule has 0 aliphatic rings. The number of ether oxygens (including phenoxy) is 1. The van der Waals surface area contributed by atoms with Crippen LogP contribution in [0.5, 0.6) is 0 Å². The number of ketones is 1. The highest BCUT2D eigenvalue weighted by atomic mass is 16.5. The Morgan fingerprint density at radius 1 is 1.12 bits per heavy atom. The molecule has 0 aliphatic carbocycles. The van der Waals surface area contributed by atoms with Crippen molar-refractivity contribution in [2.45, 2.75) is 20.8 Å². The van der Waals surface area contributed by atoms with Crippen molar-refractivity contribution in [1.82, 2.24) is 4.98 Å². The molecule has 1 atom stereocenters. The van der Waals surface area contributed by atoms with E-state index in [1.807, 2.05) is 39.0 Å². The Morgan fingerprint density at radius 2 is 1.88 bits per heavy atom. The van der Waals surface area contributed by atoms with Crippen LogP contribution >= 0.6 is 0 Å². The number of carbonyl (C=O) groups is 2. The normalized spacial score (nSPS) is 12.2. The highest BCUT2D eigenvalue weighted by Gasteiger charge is 2.27. The zero-order valence-electron chi connectivity index (χ0n) is 14.2. The summed E-state index contributed by atoms with van der Waals surface area (Å²) in [5.41, 5.74) is 3.33. The van der Waals surface area contributed by atoms with Crippen molar-refractivity contribution >= 4 is 23.8 Å². The number of aliphatic imine (C=N–C) groups is 1. The van der Waals surface area contributed by atoms with Gasteiger partial charge in [0.1, 0.15) is 0 Å². The molecule has 0 amide bonds. The number of pyridine rings is 1. The van der Waals surface area contributed by atoms with E-state index in [4.69, 9.17) is 4.74 Å². The first kappa shape index (κ1) is 17.5. The third kappa shape index (κ3) is 4.13. The lowest BCUT2D eigenvalue weighted by Crippen LogP contribution is -2.27. The van der Waals surface area contributed by atoms with Gasteiger partial charge in [0.15, 0.2) is 17.5 Å². The monoisotopic (exact) mass is 324 g/mol. The summed E-state index contributed by atoms with van der Waals surface area (Å²) in [6, 6.07) is 10.7. The van der Waals surface area contributed by atoms with Gasteiger partial charge in [0, 0.05) is 17.5 Å². The van der Waals surface area contributed by atoms with Crippen LogP contribution in [-0.4, -0.2) is 30.1 Å². The molecule has 1 heterocycles. The Labute approximate surface area is 141 Å². The van der Waals surface area contributed by atoms with Crippen LogP contribution in [0.3, 0.4) is 0 Å². The van der Waals surface area contributed by atoms with Crippen molar-refractivity contribution in [1.29, 1.82) is 0 Å². The molecule has 24 heavy (non-hydrogen) atoms. The lowest BCUT2D eigenvalue weighted by molar-refractivity contribution is -0.141. The van der Waals surface area contributed by atoms with E-state index in [-0.39, 0.29) is 5.78 Å². The molecule has 0 saturated carbocycles. The number of esters is 1. The zero-order chi connectivity index (χ0) is 17.7. The second-order valence-electron chi connectivity index (χ2n) is 5.58. The second-order valence-corrected chi connectivity index (χ2v) is 5.58. The summed E-state index contributed by atoms with van der Waals surface area (Å²) in [7, 11) is 1.25. The van der Waals surface area contributed by atoms with Crippen molar-refractivity contribution in [3.8, 4) is 0 Å². The van der Waals surface area contributed by atoms with Crippen LogP contribution in [0.2, 0.25) is 0 Å². The van der Waals surface area contributed by atoms with Gasteiger partial charge in [0.05, 0.1) is 7.11 Å². The fourth-order valence-corrected chi connectivity index (χ4v) is 2.19. The summed E-state index contributed by atoms with van der Waals surface area (Å²) < 4.78 is 4.75. The molecule has 0 N–H and O–H groups in total. The molecule has 5 heteroatoms. The molecule has 0 spiro atoms. The summed E-state index contributed by atoms with van der Waals surface area (Å²) in [4.78, 5) is 33.1. The fourth-order valence-electron chi connectivity index (χ4n) is 2.19. The number of aromatic nitrogens is 1. The third-order valence-corrected chi connectivity index (χ3v) is 3.76. The van der Waals surface area contributed by atoms with E-state index in [0.29, 0.717) is 11.4 Å². The maximum absolute atomic E-state index is 12.7. The van der Waals surface area contributed by atoms with Gasteiger partial charge in [0.25, 0.3) is 0 Å². The van der Waals surface area contributed by atoms with Crippen molar-refractivity contribution in [3.05, 3.63) is 58.8 Å². The lowest BCUT2D eigenvalue weighted by atomic mass is 9.96. The largest absolute Gasteiger partial charge is 0.468 e. The van der Waals surface area contributed by atoms with Gasteiger partial charge in [-0.25, -0.2) is 9.98 Å². The number of hydrogen-bond donors (Lipinski definition) is 0. The fraction of sp³-hybridized carbons (Fsp3) is 0.263. The highest BCUT2D eigenvalue weighted by Crippen LogP contribution is 2.16. The van der Waals surface area contributed by atoms with Crippen LogP contribution in [0.1, 0.15) is 27.2 Å². The maximum Gasteiger partial charge on any atom is 0.322 e. The molecule has 0 saturated heterocycles. The van der Waals surface area contributed by atoms with Crippen molar-refractivity contribution < 1.29 is 14.3 Å². The van der Waals surface area contributed by atoms with E-state index in [2.05, 4.69) is 9.98 Å². The number of Topliss-reactive ketones (excluding diaryl/α,β-unsaturated/α-hetero) is 1. The van der Waals surface area contributed by atoms with Gasteiger partial charge in [-0.2, -0.15) is 0 Å². The summed E-state index contributed by atoms with van der Waals surface area (Å²) in [6.45, 7) is 5.73. The van der Waals surface area contributed by atoms with E-state index < -0.39 is 11.9 Å². The number of benzene rings is 1. The van der Waals surface area contributed by atoms with E-state index in [0.717, 1.165) is 16.8 Å². The summed E-state index contributed by atoms with van der Waals surface area (Å²) in [5.74, 6) is -1.65. The van der Waals surface area contributed by atoms with E-state index >= 15 is 0 Å². The number of carbonyl (C=O) groups excluding carboxylic acids is 2. The average Bonchev–Trinajstić information content (AvgIpc) is 2.57. The number of aryl methyl sites for hydroxylation is 3. The minimum atomic E-state index is -1.10. The van der Waals surface area contributed by atoms with E-state index in [1.54, 1.807) is 18.2 Å². The number of hydrogen-bond acceptors (Lipinski definition) is 5. The first-order chi connectivity index (χ1) is 11.4. The van der Waals surface area contributed by atoms with Crippen LogP contribution in [0.4, 0.5) is 5.82 Å². The summed E-state index contributed by atoms with van der Waals surface area (Å²) in [5, 5.41) is 0. The molecule has 1 unspecified atom stereocenters. The van der Waals surface area contributed by atoms with Gasteiger partial charge in [-0.1, -0.05) is 18.2 Å². The minimum absolute atomic E-state index is 0.346. The molecular formula is C19H20N2O3. The molecule has 1 aromatic carbocycles. The molecule has 124 valence electrons. The van der Waals surface area contributed by atoms with Crippen molar-refractivity contribution in [3.63, 3.8) is 0 Å². The molecule has 0 radical (unpaired) electrons. The summed E-state index contributed by atoms with van der Waals surface area (Å²) >= 11 is 0. The van der Waals surface area contributed by atoms with Crippen LogP contribution in [0, 0.1) is 26.7 Å². The summed E-state index contributed by atoms with van der Waals surface area (Å²) in [6.07, 6.45) is 1.30. The molecular weight excluding hydrogens is 304 g/mol. The number of rotatable bonds is 5. The van der Waals surface area contributed by atoms with Gasteiger partial charge < -0.3 is 4.74 Å². The lowest BCUT2D eigenvalue weighted by Gasteiger charge is -2.10. The standard InChI is InChI=1S/C19H20N2O3/c1-12-8-9-15(10-13(12)2)18(22)16(19(23)24-4)11-20-17-7-5-6-14(3)21-17/h5-11,16H,1-4H3. The second kappa shape index (κ2) is 7.64. The molecule has 1 aromatic heterocycles. The first-order valence-electron chi connectivity index (χ1n) is 7.59. The van der Waals surface area contributed by atoms with Crippen LogP contribution in [0.25, 0.3) is 0 Å². The number of methoxy groups -OCH3 is 1. The van der Waals surface area contributed by atoms with Crippen molar-refractivity contribution in [2.75, 3.05) is 7.11 Å². The predicted octanol–water partition coefficient (Wildman–Crippen LogP) is 3.38. The topological polar surface area (TPSA) is 68.6 Å². The maximum atomic E-state index is 12.7. The SMILES string of the molecule is COC(=O)C(C=Nc1cccc(C)n1)C(=O)c1ccc(C)c(C)c1. The van der Waals surface area contributed by atoms with E-state index in [1.165, 1.54) is 13.3 Å². The van der Waals surface area contributed by atoms with E-state index in [9.17, 15) is 9.59 Å². The first-order valence-corrected chi connectivity index (χ1v) is 7.59. The minimum Gasteiger partial charge on any atom is -0.468 e. The quantitative estimate of drug-likeness (QED) is 0.366. The Morgan fingerprint density at radius 3 is 2.50 bits per heavy atom. The van der Waals surface area contributed by atoms with Crippen LogP contribution < -0.4 is 0 Å². The van der Waals surface area contributed by atoms with Crippen molar-refractivity contribution in [2.24, 2.45) is 10.9 Å². The average molecular weight is 324 g/mol. The van der Waals surface area contributed by atoms with Crippen LogP contribution in [0.15, 0.2) is 41.4 Å². The predicted molar refractivity (Wildman–Crippen MR) is 92.9 cm³/mol. The zero-order valence-corrected chi connectivity index (χ0v) is 14.2. The van der Waals surface area contributed by atoms with Gasteiger partial charge in [-0.3, -0.25) is 9.59 Å². The Balaban J connectivity index is 2.32. The molecule has 2 rings (SSSR count). The molecule has 5 nitrogen and oxygen atoms in total. The molecule has 2 aromatic rings. The smallest absolute Gasteiger partial charge is 0.322 e. The Bertz CT molecular complexity index is 797. The Kier molecular flexibility index (Phi) is 5.58. The molecule has 0 bridgehead atoms. The van der Waals surface area contributed by atoms with Gasteiger partial charge in [-0.05, 0) is 50.1 Å². The van der Waals surface area contributed by atoms with Gasteiger partial charge >= 0.3 is 5.97 Å². The Hall–Kier alpha value is -2.82. The molecule has 0 aliphatic heterocycles. The van der Waals surface area contributed by atoms with Gasteiger partial charge in [0.2, 0.25) is 0 Å². The highest BCUT2D eigenvalue weighted by molar-refractivity contribution is 6.18. The third-order valence-electron chi connectivity index (χ3n) is 3.76. The molecule has 0 fully saturated rings. The van der Waals surface area contributed by atoms with Crippen LogP contribution in [-0.2, 0) is 9.53 Å². The number of nitrogens with zero attached hydrogens (tertiary/aromatic N) is 2.